The number of nitrogens with zero attached hydrogens (tertiary/aromatic N) is 1. The maximum absolute atomic E-state index is 11.9. The van der Waals surface area contributed by atoms with Crippen molar-refractivity contribution in [1.82, 2.24) is 4.90 Å². The van der Waals surface area contributed by atoms with Crippen molar-refractivity contribution in [3.05, 3.63) is 0 Å². The molecule has 3 nitrogen and oxygen atoms in total. The molecule has 1 saturated heterocycles. The van der Waals surface area contributed by atoms with Crippen LogP contribution in [-0.4, -0.2) is 48.4 Å². The monoisotopic (exact) mass is 327 g/mol. The van der Waals surface area contributed by atoms with Crippen LogP contribution < -0.4 is 0 Å². The molecular weight excluding hydrogens is 308 g/mol. The molecule has 0 saturated carbocycles. The van der Waals surface area contributed by atoms with Crippen molar-refractivity contribution in [3.8, 4) is 0 Å². The Morgan fingerprint density at radius 2 is 2.28 bits per heavy atom. The van der Waals surface area contributed by atoms with Gasteiger partial charge in [-0.25, -0.2) is 8.78 Å². The van der Waals surface area contributed by atoms with Gasteiger partial charge in [0.15, 0.2) is 0 Å². The molecular formula is C12H20BrF2NO2. The number of hydrogen-bond donors (Lipinski definition) is 0. The van der Waals surface area contributed by atoms with Gasteiger partial charge in [-0.3, -0.25) is 4.79 Å². The number of halogens is 3. The lowest BCUT2D eigenvalue weighted by atomic mass is 10.1. The molecule has 0 bridgehead atoms. The maximum Gasteiger partial charge on any atom is 0.261 e. The fourth-order valence-electron chi connectivity index (χ4n) is 2.25. The molecule has 0 N–H and O–H groups in total. The van der Waals surface area contributed by atoms with Gasteiger partial charge in [-0.15, -0.1) is 0 Å². The molecule has 1 unspecified atom stereocenters. The molecule has 1 amide bonds. The number of amides is 1. The normalized spacial score (nSPS) is 19.8. The zero-order valence-electron chi connectivity index (χ0n) is 10.4. The molecule has 0 aromatic carbocycles. The molecule has 1 rings (SSSR count). The SMILES string of the molecule is O=C(CCOCC(F)F)N1CCCC1CCCBr. The van der Waals surface area contributed by atoms with Gasteiger partial charge in [-0.2, -0.15) is 0 Å². The van der Waals surface area contributed by atoms with Gasteiger partial charge in [0, 0.05) is 17.9 Å². The summed E-state index contributed by atoms with van der Waals surface area (Å²) in [5.41, 5.74) is 0. The fraction of sp³-hybridized carbons (Fsp3) is 0.917. The van der Waals surface area contributed by atoms with Crippen molar-refractivity contribution < 1.29 is 18.3 Å². The molecule has 6 heteroatoms. The number of carbonyl (C=O) groups excluding carboxylic acids is 1. The van der Waals surface area contributed by atoms with Gasteiger partial charge in [0.1, 0.15) is 6.61 Å². The first-order valence-corrected chi connectivity index (χ1v) is 7.48. The van der Waals surface area contributed by atoms with Crippen LogP contribution >= 0.6 is 15.9 Å². The zero-order chi connectivity index (χ0) is 13.4. The first-order chi connectivity index (χ1) is 8.65. The van der Waals surface area contributed by atoms with Gasteiger partial charge in [0.05, 0.1) is 13.0 Å². The molecule has 1 aliphatic heterocycles. The van der Waals surface area contributed by atoms with Crippen molar-refractivity contribution in [2.24, 2.45) is 0 Å². The number of alkyl halides is 3. The second kappa shape index (κ2) is 8.80. The van der Waals surface area contributed by atoms with Gasteiger partial charge in [-0.05, 0) is 25.7 Å². The molecule has 1 atom stereocenters. The van der Waals surface area contributed by atoms with Crippen molar-refractivity contribution in [2.75, 3.05) is 25.1 Å². The number of rotatable bonds is 8. The summed E-state index contributed by atoms with van der Waals surface area (Å²) in [7, 11) is 0. The molecule has 1 heterocycles. The van der Waals surface area contributed by atoms with Crippen LogP contribution in [0.5, 0.6) is 0 Å². The molecule has 1 fully saturated rings. The Balaban J connectivity index is 2.22. The minimum Gasteiger partial charge on any atom is -0.375 e. The van der Waals surface area contributed by atoms with Crippen LogP contribution in [0, 0.1) is 0 Å². The van der Waals surface area contributed by atoms with E-state index in [1.807, 2.05) is 4.90 Å². The Hall–Kier alpha value is -0.230. The van der Waals surface area contributed by atoms with Crippen LogP contribution in [0.3, 0.4) is 0 Å². The van der Waals surface area contributed by atoms with Gasteiger partial charge in [0.2, 0.25) is 5.91 Å². The van der Waals surface area contributed by atoms with Crippen LogP contribution in [0.25, 0.3) is 0 Å². The van der Waals surface area contributed by atoms with E-state index in [2.05, 4.69) is 15.9 Å². The summed E-state index contributed by atoms with van der Waals surface area (Å²) >= 11 is 3.38. The highest BCUT2D eigenvalue weighted by Crippen LogP contribution is 2.22. The third-order valence-electron chi connectivity index (χ3n) is 3.07. The highest BCUT2D eigenvalue weighted by Gasteiger charge is 2.27. The van der Waals surface area contributed by atoms with E-state index in [1.54, 1.807) is 0 Å². The van der Waals surface area contributed by atoms with Crippen LogP contribution in [0.4, 0.5) is 8.78 Å². The van der Waals surface area contributed by atoms with E-state index in [-0.39, 0.29) is 18.9 Å². The minimum absolute atomic E-state index is 0.0290. The molecule has 0 aromatic rings. The lowest BCUT2D eigenvalue weighted by molar-refractivity contribution is -0.133. The van der Waals surface area contributed by atoms with E-state index in [1.165, 1.54) is 0 Å². The Labute approximate surface area is 115 Å². The van der Waals surface area contributed by atoms with Crippen molar-refractivity contribution in [3.63, 3.8) is 0 Å². The van der Waals surface area contributed by atoms with E-state index < -0.39 is 13.0 Å². The second-order valence-electron chi connectivity index (χ2n) is 4.43. The van der Waals surface area contributed by atoms with Gasteiger partial charge < -0.3 is 9.64 Å². The summed E-state index contributed by atoms with van der Waals surface area (Å²) in [6, 6.07) is 0.324. The third-order valence-corrected chi connectivity index (χ3v) is 3.63. The predicted molar refractivity (Wildman–Crippen MR) is 69.2 cm³/mol. The summed E-state index contributed by atoms with van der Waals surface area (Å²) < 4.78 is 28.4. The lowest BCUT2D eigenvalue weighted by Gasteiger charge is -2.24. The average molecular weight is 328 g/mol. The van der Waals surface area contributed by atoms with E-state index >= 15 is 0 Å². The van der Waals surface area contributed by atoms with Gasteiger partial charge in [-0.1, -0.05) is 15.9 Å². The minimum atomic E-state index is -2.46. The average Bonchev–Trinajstić information content (AvgIpc) is 2.79. The van der Waals surface area contributed by atoms with E-state index in [9.17, 15) is 13.6 Å². The molecule has 18 heavy (non-hydrogen) atoms. The summed E-state index contributed by atoms with van der Waals surface area (Å²) in [5, 5.41) is 0.947. The molecule has 0 aromatic heterocycles. The third kappa shape index (κ3) is 5.61. The van der Waals surface area contributed by atoms with Crippen LogP contribution in [0.15, 0.2) is 0 Å². The fourth-order valence-corrected chi connectivity index (χ4v) is 2.58. The Morgan fingerprint density at radius 3 is 2.94 bits per heavy atom. The van der Waals surface area contributed by atoms with E-state index in [4.69, 9.17) is 4.74 Å². The lowest BCUT2D eigenvalue weighted by Crippen LogP contribution is -2.36. The number of ether oxygens (including phenoxy) is 1. The standard InChI is InChI=1S/C12H20BrF2NO2/c13-6-1-3-10-4-2-7-16(10)12(17)5-8-18-9-11(14)15/h10-11H,1-9H2. The van der Waals surface area contributed by atoms with Gasteiger partial charge in [0.25, 0.3) is 6.43 Å². The van der Waals surface area contributed by atoms with Crippen LogP contribution in [-0.2, 0) is 9.53 Å². The Bertz CT molecular complexity index is 254. The first-order valence-electron chi connectivity index (χ1n) is 6.36. The summed E-state index contributed by atoms with van der Waals surface area (Å²) in [4.78, 5) is 13.8. The van der Waals surface area contributed by atoms with Crippen molar-refractivity contribution in [1.29, 1.82) is 0 Å². The Kier molecular flexibility index (Phi) is 7.74. The van der Waals surface area contributed by atoms with Crippen molar-refractivity contribution in [2.45, 2.75) is 44.6 Å². The zero-order valence-corrected chi connectivity index (χ0v) is 12.0. The Morgan fingerprint density at radius 1 is 1.50 bits per heavy atom. The summed E-state index contributed by atoms with van der Waals surface area (Å²) in [5.74, 6) is 0.0290. The predicted octanol–water partition coefficient (Wildman–Crippen LogP) is 2.82. The van der Waals surface area contributed by atoms with Gasteiger partial charge >= 0.3 is 0 Å². The molecule has 1 aliphatic rings. The molecule has 0 aliphatic carbocycles. The topological polar surface area (TPSA) is 29.5 Å². The number of likely N-dealkylation sites (tertiary alicyclic amines) is 1. The highest BCUT2D eigenvalue weighted by atomic mass is 79.9. The highest BCUT2D eigenvalue weighted by molar-refractivity contribution is 9.09. The number of carbonyl (C=O) groups is 1. The smallest absolute Gasteiger partial charge is 0.261 e. The molecule has 0 radical (unpaired) electrons. The quantitative estimate of drug-likeness (QED) is 0.507. The number of hydrogen-bond acceptors (Lipinski definition) is 2. The second-order valence-corrected chi connectivity index (χ2v) is 5.22. The summed E-state index contributed by atoms with van der Waals surface area (Å²) in [6.07, 6.45) is 1.90. The first kappa shape index (κ1) is 15.8. The largest absolute Gasteiger partial charge is 0.375 e. The van der Waals surface area contributed by atoms with E-state index in [0.717, 1.165) is 37.6 Å². The van der Waals surface area contributed by atoms with Crippen LogP contribution in [0.1, 0.15) is 32.1 Å². The van der Waals surface area contributed by atoms with Crippen molar-refractivity contribution >= 4 is 21.8 Å². The summed E-state index contributed by atoms with van der Waals surface area (Å²) in [6.45, 7) is 0.297. The van der Waals surface area contributed by atoms with Crippen LogP contribution in [0.2, 0.25) is 0 Å². The van der Waals surface area contributed by atoms with E-state index in [0.29, 0.717) is 6.04 Å². The maximum atomic E-state index is 11.9. The molecule has 0 spiro atoms. The molecule has 106 valence electrons.